The third-order valence-corrected chi connectivity index (χ3v) is 15.2. The highest BCUT2D eigenvalue weighted by Gasteiger charge is 2.68. The molecule has 1 aliphatic heterocycles. The number of nitrogens with zero attached hydrogens (tertiary/aromatic N) is 5. The van der Waals surface area contributed by atoms with Crippen molar-refractivity contribution < 1.29 is 24.2 Å². The first-order valence-electron chi connectivity index (χ1n) is 20.2. The van der Waals surface area contributed by atoms with Gasteiger partial charge in [0.25, 0.3) is 0 Å². The van der Waals surface area contributed by atoms with Gasteiger partial charge in [-0.1, -0.05) is 69.3 Å². The van der Waals surface area contributed by atoms with E-state index in [-0.39, 0.29) is 47.2 Å². The van der Waals surface area contributed by atoms with Gasteiger partial charge in [0.1, 0.15) is 18.4 Å². The van der Waals surface area contributed by atoms with Crippen molar-refractivity contribution in [3.63, 3.8) is 0 Å². The summed E-state index contributed by atoms with van der Waals surface area (Å²) in [5.74, 6) is -0.600. The van der Waals surface area contributed by atoms with Crippen molar-refractivity contribution >= 4 is 40.8 Å². The molecule has 8 atom stereocenters. The highest BCUT2D eigenvalue weighted by molar-refractivity contribution is 8.00. The van der Waals surface area contributed by atoms with E-state index in [1.807, 2.05) is 43.5 Å². The number of piperazine rings is 1. The van der Waals surface area contributed by atoms with Crippen LogP contribution < -0.4 is 10.2 Å². The molecule has 3 aliphatic carbocycles. The summed E-state index contributed by atoms with van der Waals surface area (Å²) in [4.78, 5) is 46.3. The first-order valence-corrected chi connectivity index (χ1v) is 21.2. The number of benzene rings is 2. The van der Waals surface area contributed by atoms with Crippen LogP contribution in [0.15, 0.2) is 72.3 Å². The molecule has 2 N–H and O–H groups in total. The summed E-state index contributed by atoms with van der Waals surface area (Å²) in [6.07, 6.45) is 5.80. The summed E-state index contributed by atoms with van der Waals surface area (Å²) in [5.41, 5.74) is 2.38. The van der Waals surface area contributed by atoms with E-state index < -0.39 is 29.0 Å². The SMILES string of the molecule is C=C[C@]1(C)C[C@@H](OC(=O)CSc2ccccc2NC(=O)Cn2cc(CN3CCN(c4ccccc4C)CC3)nn2)[C@]2(C)[C@H](C)CC[C@]3(CCC(=O)[C@H]32)[C@@H](C)[C@@H]1O. The Labute approximate surface area is 335 Å². The van der Waals surface area contributed by atoms with E-state index in [2.05, 4.69) is 84.0 Å². The van der Waals surface area contributed by atoms with Crippen LogP contribution in [0.4, 0.5) is 11.4 Å². The van der Waals surface area contributed by atoms with E-state index in [0.717, 1.165) is 56.0 Å². The van der Waals surface area contributed by atoms with Gasteiger partial charge in [-0.15, -0.1) is 23.4 Å². The Bertz CT molecular complexity index is 1950. The summed E-state index contributed by atoms with van der Waals surface area (Å²) < 4.78 is 8.00. The Morgan fingerprint density at radius 3 is 2.55 bits per heavy atom. The monoisotopic (exact) mass is 782 g/mol. The van der Waals surface area contributed by atoms with Crippen molar-refractivity contribution in [2.75, 3.05) is 42.1 Å². The molecule has 11 nitrogen and oxygen atoms in total. The zero-order valence-electron chi connectivity index (χ0n) is 33.6. The largest absolute Gasteiger partial charge is 0.461 e. The number of hydrogen-bond donors (Lipinski definition) is 2. The molecule has 1 amide bonds. The number of esters is 1. The molecule has 300 valence electrons. The van der Waals surface area contributed by atoms with Crippen LogP contribution in [0.2, 0.25) is 0 Å². The molecule has 2 aromatic carbocycles. The number of ether oxygens (including phenoxy) is 1. The maximum atomic E-state index is 13.8. The second kappa shape index (κ2) is 16.1. The van der Waals surface area contributed by atoms with Crippen molar-refractivity contribution in [2.24, 2.45) is 34.0 Å². The normalized spacial score (nSPS) is 31.9. The molecule has 7 rings (SSSR count). The standard InChI is InChI=1S/C44H58N6O5S/c1-7-42(5)24-37(43(6)30(3)16-18-44(31(4)41(42)54)19-17-35(51)40(43)44)55-39(53)28-56-36-15-11-9-13-33(36)45-38(52)27-50-26-32(46-47-50)25-48-20-22-49(23-21-48)34-14-10-8-12-29(34)2/h7-15,26,30-31,37,40-41,54H,1,16-25,27-28H2,2-6H3,(H,45,52)/t30-,31+,37-,40+,41+,42-,43+,44+/m1/s1. The van der Waals surface area contributed by atoms with Gasteiger partial charge in [0.2, 0.25) is 5.91 Å². The number of aliphatic hydroxyl groups excluding tert-OH is 1. The lowest BCUT2D eigenvalue weighted by Gasteiger charge is -2.61. The fraction of sp³-hybridized carbons (Fsp3) is 0.568. The molecular weight excluding hydrogens is 725 g/mol. The Morgan fingerprint density at radius 1 is 1.07 bits per heavy atom. The zero-order valence-corrected chi connectivity index (χ0v) is 34.4. The van der Waals surface area contributed by atoms with Crippen molar-refractivity contribution in [3.05, 3.63) is 78.6 Å². The molecule has 0 spiro atoms. The molecule has 3 saturated carbocycles. The number of aryl methyl sites for hydroxylation is 1. The number of aliphatic hydroxyl groups is 1. The minimum atomic E-state index is -0.715. The van der Waals surface area contributed by atoms with Crippen LogP contribution in [-0.2, 0) is 32.2 Å². The van der Waals surface area contributed by atoms with Gasteiger partial charge in [0, 0.05) is 66.5 Å². The third-order valence-electron chi connectivity index (χ3n) is 14.2. The van der Waals surface area contributed by atoms with Crippen LogP contribution in [0.5, 0.6) is 0 Å². The second-order valence-electron chi connectivity index (χ2n) is 17.4. The minimum absolute atomic E-state index is 0.00146. The number of Topliss-reactive ketones (excluding diaryl/α,β-unsaturated/α-hetero) is 1. The van der Waals surface area contributed by atoms with Crippen molar-refractivity contribution in [3.8, 4) is 0 Å². The Balaban J connectivity index is 0.961. The van der Waals surface area contributed by atoms with E-state index in [0.29, 0.717) is 25.1 Å². The summed E-state index contributed by atoms with van der Waals surface area (Å²) in [5, 5.41) is 23.4. The van der Waals surface area contributed by atoms with E-state index in [1.54, 1.807) is 4.68 Å². The Morgan fingerprint density at radius 2 is 1.80 bits per heavy atom. The number of hydrogen-bond acceptors (Lipinski definition) is 10. The highest BCUT2D eigenvalue weighted by Crippen LogP contribution is 2.68. The van der Waals surface area contributed by atoms with Crippen LogP contribution in [0, 0.1) is 40.9 Å². The van der Waals surface area contributed by atoms with E-state index in [9.17, 15) is 19.5 Å². The molecule has 2 heterocycles. The van der Waals surface area contributed by atoms with Crippen molar-refractivity contribution in [2.45, 2.75) is 96.9 Å². The number of anilines is 2. The van der Waals surface area contributed by atoms with Crippen molar-refractivity contribution in [1.82, 2.24) is 19.9 Å². The summed E-state index contributed by atoms with van der Waals surface area (Å²) in [6, 6.07) is 15.9. The number of para-hydroxylation sites is 2. The van der Waals surface area contributed by atoms with Gasteiger partial charge >= 0.3 is 5.97 Å². The number of carbonyl (C=O) groups excluding carboxylic acids is 3. The van der Waals surface area contributed by atoms with Crippen LogP contribution in [0.1, 0.15) is 71.1 Å². The molecule has 4 aliphatic rings. The van der Waals surface area contributed by atoms with E-state index in [4.69, 9.17) is 4.74 Å². The molecule has 0 unspecified atom stereocenters. The number of amides is 1. The molecular formula is C44H58N6O5S. The maximum absolute atomic E-state index is 13.8. The predicted octanol–water partition coefficient (Wildman–Crippen LogP) is 6.55. The van der Waals surface area contributed by atoms with Crippen LogP contribution in [0.3, 0.4) is 0 Å². The number of carbonyl (C=O) groups is 3. The molecule has 4 fully saturated rings. The first kappa shape index (κ1) is 40.2. The molecule has 1 saturated heterocycles. The van der Waals surface area contributed by atoms with Crippen molar-refractivity contribution in [1.29, 1.82) is 0 Å². The van der Waals surface area contributed by atoms with Gasteiger partial charge in [-0.2, -0.15) is 0 Å². The topological polar surface area (TPSA) is 130 Å². The van der Waals surface area contributed by atoms with Crippen LogP contribution in [0.25, 0.3) is 0 Å². The zero-order chi connectivity index (χ0) is 39.8. The Hall–Kier alpha value is -4.00. The molecule has 56 heavy (non-hydrogen) atoms. The number of rotatable bonds is 11. The van der Waals surface area contributed by atoms with Crippen LogP contribution in [-0.4, -0.2) is 86.8 Å². The van der Waals surface area contributed by atoms with Gasteiger partial charge in [0.15, 0.2) is 0 Å². The lowest BCUT2D eigenvalue weighted by atomic mass is 9.44. The van der Waals surface area contributed by atoms with Gasteiger partial charge in [-0.05, 0) is 73.6 Å². The number of nitrogens with one attached hydrogen (secondary N) is 1. The third kappa shape index (κ3) is 7.56. The number of thioether (sulfide) groups is 1. The number of ketones is 1. The fourth-order valence-corrected chi connectivity index (χ4v) is 11.4. The maximum Gasteiger partial charge on any atom is 0.316 e. The molecule has 3 aromatic rings. The summed E-state index contributed by atoms with van der Waals surface area (Å²) >= 11 is 1.30. The van der Waals surface area contributed by atoms with Gasteiger partial charge < -0.3 is 20.1 Å². The lowest BCUT2D eigenvalue weighted by Crippen LogP contribution is -2.63. The second-order valence-corrected chi connectivity index (χ2v) is 18.4. The summed E-state index contributed by atoms with van der Waals surface area (Å²) in [6.45, 7) is 19.1. The quantitative estimate of drug-likeness (QED) is 0.126. The average molecular weight is 783 g/mol. The lowest BCUT2D eigenvalue weighted by molar-refractivity contribution is -0.205. The molecule has 12 heteroatoms. The average Bonchev–Trinajstić information content (AvgIpc) is 3.78. The van der Waals surface area contributed by atoms with Gasteiger partial charge in [-0.3, -0.25) is 19.3 Å². The molecule has 2 bridgehead atoms. The Kier molecular flexibility index (Phi) is 11.6. The van der Waals surface area contributed by atoms with Gasteiger partial charge in [0.05, 0.1) is 29.4 Å². The smallest absolute Gasteiger partial charge is 0.316 e. The van der Waals surface area contributed by atoms with Crippen LogP contribution >= 0.6 is 11.8 Å². The molecule has 1 aromatic heterocycles. The number of aromatic nitrogens is 3. The predicted molar refractivity (Wildman–Crippen MR) is 219 cm³/mol. The fourth-order valence-electron chi connectivity index (χ4n) is 10.6. The minimum Gasteiger partial charge on any atom is -0.461 e. The van der Waals surface area contributed by atoms with E-state index >= 15 is 0 Å². The van der Waals surface area contributed by atoms with E-state index in [1.165, 1.54) is 23.0 Å². The van der Waals surface area contributed by atoms with Gasteiger partial charge in [-0.25, -0.2) is 4.68 Å². The first-order chi connectivity index (χ1) is 26.8. The molecule has 0 radical (unpaired) electrons. The summed E-state index contributed by atoms with van der Waals surface area (Å²) in [7, 11) is 0. The highest BCUT2D eigenvalue weighted by atomic mass is 32.2.